The number of benzene rings is 1. The SMILES string of the molecule is CCCCCCOc1cc(OCCCC(C)C)cc(C(=O)O)c1. The first-order valence-electron chi connectivity index (χ1n) is 8.67. The fraction of sp³-hybridized carbons (Fsp3) is 0.632. The normalized spacial score (nSPS) is 10.8. The lowest BCUT2D eigenvalue weighted by atomic mass is 10.1. The lowest BCUT2D eigenvalue weighted by Gasteiger charge is -2.12. The number of hydrogen-bond acceptors (Lipinski definition) is 3. The molecule has 0 aliphatic heterocycles. The summed E-state index contributed by atoms with van der Waals surface area (Å²) in [5.41, 5.74) is 0.204. The van der Waals surface area contributed by atoms with Crippen molar-refractivity contribution in [1.82, 2.24) is 0 Å². The third-order valence-corrected chi connectivity index (χ3v) is 3.59. The minimum Gasteiger partial charge on any atom is -0.493 e. The monoisotopic (exact) mass is 322 g/mol. The molecule has 4 nitrogen and oxygen atoms in total. The minimum absolute atomic E-state index is 0.204. The summed E-state index contributed by atoms with van der Waals surface area (Å²) in [4.78, 5) is 11.2. The van der Waals surface area contributed by atoms with E-state index < -0.39 is 5.97 Å². The van der Waals surface area contributed by atoms with Gasteiger partial charge in [0.25, 0.3) is 0 Å². The molecule has 0 saturated carbocycles. The quantitative estimate of drug-likeness (QED) is 0.540. The Bertz CT molecular complexity index is 468. The van der Waals surface area contributed by atoms with Crippen LogP contribution in [0.15, 0.2) is 18.2 Å². The molecule has 23 heavy (non-hydrogen) atoms. The van der Waals surface area contributed by atoms with Gasteiger partial charge in [-0.15, -0.1) is 0 Å². The first-order chi connectivity index (χ1) is 11.0. The summed E-state index contributed by atoms with van der Waals surface area (Å²) in [6.07, 6.45) is 6.55. The van der Waals surface area contributed by atoms with Crippen LogP contribution in [0.25, 0.3) is 0 Å². The summed E-state index contributed by atoms with van der Waals surface area (Å²) in [6, 6.07) is 4.90. The van der Waals surface area contributed by atoms with Gasteiger partial charge in [0.2, 0.25) is 0 Å². The molecule has 1 aromatic rings. The van der Waals surface area contributed by atoms with Crippen LogP contribution >= 0.6 is 0 Å². The lowest BCUT2D eigenvalue weighted by Crippen LogP contribution is -2.04. The largest absolute Gasteiger partial charge is 0.493 e. The highest BCUT2D eigenvalue weighted by Crippen LogP contribution is 2.24. The van der Waals surface area contributed by atoms with Crippen molar-refractivity contribution in [3.05, 3.63) is 23.8 Å². The van der Waals surface area contributed by atoms with Gasteiger partial charge in [-0.3, -0.25) is 0 Å². The summed E-state index contributed by atoms with van der Waals surface area (Å²) >= 11 is 0. The van der Waals surface area contributed by atoms with Crippen molar-refractivity contribution in [2.75, 3.05) is 13.2 Å². The Hall–Kier alpha value is -1.71. The number of carboxylic acid groups (broad SMARTS) is 1. The fourth-order valence-electron chi connectivity index (χ4n) is 2.26. The summed E-state index contributed by atoms with van der Waals surface area (Å²) < 4.78 is 11.4. The number of aromatic carboxylic acids is 1. The molecule has 0 aliphatic carbocycles. The van der Waals surface area contributed by atoms with E-state index in [-0.39, 0.29) is 5.56 Å². The van der Waals surface area contributed by atoms with Crippen LogP contribution in [0.5, 0.6) is 11.5 Å². The van der Waals surface area contributed by atoms with Crippen molar-refractivity contribution in [2.24, 2.45) is 5.92 Å². The number of hydrogen-bond donors (Lipinski definition) is 1. The molecule has 0 fully saturated rings. The predicted molar refractivity (Wildman–Crippen MR) is 92.6 cm³/mol. The maximum atomic E-state index is 11.2. The molecule has 0 aliphatic rings. The summed E-state index contributed by atoms with van der Waals surface area (Å²) in [5, 5.41) is 9.21. The summed E-state index contributed by atoms with van der Waals surface area (Å²) in [6.45, 7) is 7.72. The van der Waals surface area contributed by atoms with Crippen LogP contribution in [0.3, 0.4) is 0 Å². The molecular formula is C19H30O4. The highest BCUT2D eigenvalue weighted by atomic mass is 16.5. The Morgan fingerprint density at radius 3 is 2.13 bits per heavy atom. The number of carboxylic acids is 1. The molecule has 0 atom stereocenters. The predicted octanol–water partition coefficient (Wildman–Crippen LogP) is 5.16. The van der Waals surface area contributed by atoms with Crippen molar-refractivity contribution >= 4 is 5.97 Å². The molecule has 0 unspecified atom stereocenters. The smallest absolute Gasteiger partial charge is 0.335 e. The van der Waals surface area contributed by atoms with Crippen molar-refractivity contribution in [1.29, 1.82) is 0 Å². The molecule has 1 rings (SSSR count). The molecule has 0 spiro atoms. The highest BCUT2D eigenvalue weighted by molar-refractivity contribution is 5.88. The molecule has 0 bridgehead atoms. The van der Waals surface area contributed by atoms with Crippen LogP contribution in [-0.2, 0) is 0 Å². The molecule has 0 radical (unpaired) electrons. The maximum Gasteiger partial charge on any atom is 0.335 e. The first-order valence-corrected chi connectivity index (χ1v) is 8.67. The Balaban J connectivity index is 2.57. The summed E-state index contributed by atoms with van der Waals surface area (Å²) in [5.74, 6) is 0.817. The zero-order chi connectivity index (χ0) is 17.1. The number of carbonyl (C=O) groups is 1. The molecule has 0 amide bonds. The van der Waals surface area contributed by atoms with E-state index in [9.17, 15) is 9.90 Å². The molecule has 4 heteroatoms. The van der Waals surface area contributed by atoms with Crippen LogP contribution in [0.2, 0.25) is 0 Å². The van der Waals surface area contributed by atoms with E-state index >= 15 is 0 Å². The van der Waals surface area contributed by atoms with Crippen LogP contribution < -0.4 is 9.47 Å². The van der Waals surface area contributed by atoms with E-state index in [0.29, 0.717) is 30.6 Å². The lowest BCUT2D eigenvalue weighted by molar-refractivity contribution is 0.0695. The van der Waals surface area contributed by atoms with Gasteiger partial charge in [0.15, 0.2) is 0 Å². The maximum absolute atomic E-state index is 11.2. The van der Waals surface area contributed by atoms with Crippen LogP contribution in [-0.4, -0.2) is 24.3 Å². The van der Waals surface area contributed by atoms with Gasteiger partial charge in [-0.25, -0.2) is 4.79 Å². The van der Waals surface area contributed by atoms with Crippen LogP contribution in [0.1, 0.15) is 69.7 Å². The van der Waals surface area contributed by atoms with Gasteiger partial charge in [-0.05, 0) is 37.3 Å². The van der Waals surface area contributed by atoms with Crippen molar-refractivity contribution in [2.45, 2.75) is 59.3 Å². The fourth-order valence-corrected chi connectivity index (χ4v) is 2.26. The topological polar surface area (TPSA) is 55.8 Å². The second-order valence-electron chi connectivity index (χ2n) is 6.29. The number of ether oxygens (including phenoxy) is 2. The molecule has 1 N–H and O–H groups in total. The Morgan fingerprint density at radius 1 is 1.00 bits per heavy atom. The minimum atomic E-state index is -0.964. The molecule has 130 valence electrons. The van der Waals surface area contributed by atoms with Crippen molar-refractivity contribution < 1.29 is 19.4 Å². The zero-order valence-corrected chi connectivity index (χ0v) is 14.6. The van der Waals surface area contributed by atoms with Crippen molar-refractivity contribution in [3.8, 4) is 11.5 Å². The first kappa shape index (κ1) is 19.3. The standard InChI is InChI=1S/C19H30O4/c1-4-5-6-7-10-22-17-12-16(19(20)21)13-18(14-17)23-11-8-9-15(2)3/h12-15H,4-11H2,1-3H3,(H,20,21). The van der Waals surface area contributed by atoms with Gasteiger partial charge in [0.05, 0.1) is 18.8 Å². The van der Waals surface area contributed by atoms with E-state index in [1.807, 2.05) is 0 Å². The Labute approximate surface area is 139 Å². The van der Waals surface area contributed by atoms with Gasteiger partial charge in [-0.1, -0.05) is 40.0 Å². The molecule has 1 aromatic carbocycles. The molecular weight excluding hydrogens is 292 g/mol. The molecule has 0 heterocycles. The van der Waals surface area contributed by atoms with Crippen LogP contribution in [0.4, 0.5) is 0 Å². The van der Waals surface area contributed by atoms with E-state index in [1.165, 1.54) is 12.8 Å². The van der Waals surface area contributed by atoms with Crippen molar-refractivity contribution in [3.63, 3.8) is 0 Å². The zero-order valence-electron chi connectivity index (χ0n) is 14.6. The number of unbranched alkanes of at least 4 members (excludes halogenated alkanes) is 3. The average molecular weight is 322 g/mol. The van der Waals surface area contributed by atoms with Gasteiger partial charge >= 0.3 is 5.97 Å². The highest BCUT2D eigenvalue weighted by Gasteiger charge is 2.09. The third-order valence-electron chi connectivity index (χ3n) is 3.59. The van der Waals surface area contributed by atoms with Gasteiger partial charge in [0.1, 0.15) is 11.5 Å². The van der Waals surface area contributed by atoms with Gasteiger partial charge < -0.3 is 14.6 Å². The van der Waals surface area contributed by atoms with E-state index in [0.717, 1.165) is 25.7 Å². The molecule has 0 aromatic heterocycles. The van der Waals surface area contributed by atoms with E-state index in [4.69, 9.17) is 9.47 Å². The van der Waals surface area contributed by atoms with Gasteiger partial charge in [-0.2, -0.15) is 0 Å². The molecule has 0 saturated heterocycles. The second kappa shape index (κ2) is 10.9. The number of rotatable bonds is 12. The average Bonchev–Trinajstić information content (AvgIpc) is 2.51. The Kier molecular flexibility index (Phi) is 9.18. The van der Waals surface area contributed by atoms with E-state index in [1.54, 1.807) is 18.2 Å². The third kappa shape index (κ3) is 8.48. The van der Waals surface area contributed by atoms with E-state index in [2.05, 4.69) is 20.8 Å². The van der Waals surface area contributed by atoms with Crippen LogP contribution in [0, 0.1) is 5.92 Å². The van der Waals surface area contributed by atoms with Gasteiger partial charge in [0, 0.05) is 6.07 Å². The second-order valence-corrected chi connectivity index (χ2v) is 6.29. The Morgan fingerprint density at radius 2 is 1.61 bits per heavy atom. The summed E-state index contributed by atoms with van der Waals surface area (Å²) in [7, 11) is 0.